The van der Waals surface area contributed by atoms with Gasteiger partial charge in [0.2, 0.25) is 0 Å². The molecule has 112 valence electrons. The number of aryl methyl sites for hydroxylation is 1. The summed E-state index contributed by atoms with van der Waals surface area (Å²) in [7, 11) is 0. The molecular weight excluding hydrogens is 277 g/mol. The fourth-order valence-corrected chi connectivity index (χ4v) is 2.36. The van der Waals surface area contributed by atoms with Gasteiger partial charge >= 0.3 is 6.18 Å². The average Bonchev–Trinajstić information content (AvgIpc) is 2.45. The van der Waals surface area contributed by atoms with Gasteiger partial charge in [0.15, 0.2) is 0 Å². The van der Waals surface area contributed by atoms with Crippen LogP contribution in [-0.4, -0.2) is 11.7 Å². The van der Waals surface area contributed by atoms with Crippen molar-refractivity contribution >= 4 is 0 Å². The molecule has 2 aromatic carbocycles. The maximum absolute atomic E-state index is 12.5. The maximum Gasteiger partial charge on any atom is 0.416 e. The first kappa shape index (κ1) is 15.6. The van der Waals surface area contributed by atoms with Crippen LogP contribution in [0, 0.1) is 6.92 Å². The number of halogens is 3. The van der Waals surface area contributed by atoms with Crippen molar-refractivity contribution in [3.8, 4) is 11.1 Å². The minimum absolute atomic E-state index is 0.0478. The minimum Gasteiger partial charge on any atom is -0.396 e. The summed E-state index contributed by atoms with van der Waals surface area (Å²) >= 11 is 0. The van der Waals surface area contributed by atoms with Crippen LogP contribution in [0.4, 0.5) is 13.2 Å². The fourth-order valence-electron chi connectivity index (χ4n) is 2.36. The monoisotopic (exact) mass is 294 g/mol. The average molecular weight is 294 g/mol. The molecule has 0 aliphatic carbocycles. The van der Waals surface area contributed by atoms with Crippen molar-refractivity contribution in [2.75, 3.05) is 6.61 Å². The molecule has 1 atom stereocenters. The Morgan fingerprint density at radius 2 is 1.57 bits per heavy atom. The van der Waals surface area contributed by atoms with Crippen molar-refractivity contribution in [1.82, 2.24) is 0 Å². The van der Waals surface area contributed by atoms with E-state index in [4.69, 9.17) is 0 Å². The summed E-state index contributed by atoms with van der Waals surface area (Å²) in [6, 6.07) is 10.9. The molecule has 1 N–H and O–H groups in total. The van der Waals surface area contributed by atoms with E-state index in [1.165, 1.54) is 12.1 Å². The Labute approximate surface area is 122 Å². The van der Waals surface area contributed by atoms with Gasteiger partial charge in [-0.25, -0.2) is 0 Å². The number of hydrogen-bond acceptors (Lipinski definition) is 1. The Bertz CT molecular complexity index is 615. The third-order valence-electron chi connectivity index (χ3n) is 3.62. The summed E-state index contributed by atoms with van der Waals surface area (Å²) in [4.78, 5) is 0. The Morgan fingerprint density at radius 3 is 2.05 bits per heavy atom. The summed E-state index contributed by atoms with van der Waals surface area (Å²) in [5.41, 5.74) is 3.04. The van der Waals surface area contributed by atoms with Crippen molar-refractivity contribution < 1.29 is 18.3 Å². The van der Waals surface area contributed by atoms with E-state index in [1.54, 1.807) is 0 Å². The van der Waals surface area contributed by atoms with Crippen LogP contribution in [0.25, 0.3) is 11.1 Å². The highest BCUT2D eigenvalue weighted by Gasteiger charge is 2.29. The van der Waals surface area contributed by atoms with Crippen molar-refractivity contribution in [2.45, 2.75) is 25.9 Å². The van der Waals surface area contributed by atoms with Crippen molar-refractivity contribution in [2.24, 2.45) is 0 Å². The van der Waals surface area contributed by atoms with Crippen LogP contribution in [0.15, 0.2) is 42.5 Å². The number of hydrogen-bond donors (Lipinski definition) is 1. The van der Waals surface area contributed by atoms with Gasteiger partial charge in [0.1, 0.15) is 0 Å². The molecular formula is C17H17F3O. The molecule has 0 spiro atoms. The smallest absolute Gasteiger partial charge is 0.396 e. The Morgan fingerprint density at radius 1 is 1.00 bits per heavy atom. The third kappa shape index (κ3) is 3.45. The summed E-state index contributed by atoms with van der Waals surface area (Å²) in [5, 5.41) is 9.20. The molecule has 21 heavy (non-hydrogen) atoms. The molecule has 0 aromatic heterocycles. The molecule has 2 rings (SSSR count). The lowest BCUT2D eigenvalue weighted by atomic mass is 9.93. The predicted molar refractivity (Wildman–Crippen MR) is 77.1 cm³/mol. The normalized spacial score (nSPS) is 13.2. The molecule has 0 heterocycles. The predicted octanol–water partition coefficient (Wildman–Crippen LogP) is 4.78. The second-order valence-electron chi connectivity index (χ2n) is 5.23. The van der Waals surface area contributed by atoms with E-state index in [2.05, 4.69) is 0 Å². The first-order valence-corrected chi connectivity index (χ1v) is 6.72. The SMILES string of the molecule is Cc1cc(-c2ccc(C(F)(F)F)cc2)ccc1C(C)CO. The highest BCUT2D eigenvalue weighted by atomic mass is 19.4. The molecule has 1 nitrogen and oxygen atoms in total. The van der Waals surface area contributed by atoms with E-state index in [1.807, 2.05) is 32.0 Å². The van der Waals surface area contributed by atoms with E-state index in [0.717, 1.165) is 34.4 Å². The second kappa shape index (κ2) is 5.90. The summed E-state index contributed by atoms with van der Waals surface area (Å²) in [5.74, 6) is 0.0478. The van der Waals surface area contributed by atoms with Crippen LogP contribution in [0.5, 0.6) is 0 Å². The van der Waals surface area contributed by atoms with E-state index < -0.39 is 11.7 Å². The first-order chi connectivity index (χ1) is 9.82. The van der Waals surface area contributed by atoms with Gasteiger partial charge in [-0.1, -0.05) is 37.3 Å². The number of aliphatic hydroxyl groups is 1. The van der Waals surface area contributed by atoms with Crippen molar-refractivity contribution in [3.05, 3.63) is 59.2 Å². The lowest BCUT2D eigenvalue weighted by Crippen LogP contribution is -2.04. The minimum atomic E-state index is -4.31. The molecule has 4 heteroatoms. The van der Waals surface area contributed by atoms with Crippen LogP contribution >= 0.6 is 0 Å². The number of alkyl halides is 3. The largest absolute Gasteiger partial charge is 0.416 e. The summed E-state index contributed by atoms with van der Waals surface area (Å²) in [6.07, 6.45) is -4.31. The van der Waals surface area contributed by atoms with Crippen molar-refractivity contribution in [1.29, 1.82) is 0 Å². The van der Waals surface area contributed by atoms with E-state index in [9.17, 15) is 18.3 Å². The molecule has 0 saturated heterocycles. The molecule has 2 aromatic rings. The molecule has 0 amide bonds. The van der Waals surface area contributed by atoms with Gasteiger partial charge in [-0.2, -0.15) is 13.2 Å². The molecule has 0 radical (unpaired) electrons. The Hall–Kier alpha value is -1.81. The summed E-state index contributed by atoms with van der Waals surface area (Å²) in [6.45, 7) is 3.94. The molecule has 0 aliphatic heterocycles. The quantitative estimate of drug-likeness (QED) is 0.864. The van der Waals surface area contributed by atoms with E-state index >= 15 is 0 Å². The lowest BCUT2D eigenvalue weighted by molar-refractivity contribution is -0.137. The van der Waals surface area contributed by atoms with Crippen LogP contribution in [0.3, 0.4) is 0 Å². The van der Waals surface area contributed by atoms with Crippen molar-refractivity contribution in [3.63, 3.8) is 0 Å². The number of aliphatic hydroxyl groups excluding tert-OH is 1. The standard InChI is InChI=1S/C17H17F3O/c1-11-9-14(5-8-16(11)12(2)10-21)13-3-6-15(7-4-13)17(18,19)20/h3-9,12,21H,10H2,1-2H3. The Balaban J connectivity index is 2.33. The zero-order valence-electron chi connectivity index (χ0n) is 11.9. The lowest BCUT2D eigenvalue weighted by Gasteiger charge is -2.14. The summed E-state index contributed by atoms with van der Waals surface area (Å²) < 4.78 is 37.6. The molecule has 0 fully saturated rings. The van der Waals surface area contributed by atoms with Gasteiger partial charge in [-0.05, 0) is 41.3 Å². The van der Waals surface area contributed by atoms with Crippen LogP contribution in [-0.2, 0) is 6.18 Å². The molecule has 1 unspecified atom stereocenters. The van der Waals surface area contributed by atoms with Gasteiger partial charge in [0.25, 0.3) is 0 Å². The van der Waals surface area contributed by atoms with Crippen LogP contribution < -0.4 is 0 Å². The van der Waals surface area contributed by atoms with E-state index in [-0.39, 0.29) is 12.5 Å². The first-order valence-electron chi connectivity index (χ1n) is 6.72. The molecule has 0 bridgehead atoms. The topological polar surface area (TPSA) is 20.2 Å². The maximum atomic E-state index is 12.5. The van der Waals surface area contributed by atoms with Crippen LogP contribution in [0.2, 0.25) is 0 Å². The van der Waals surface area contributed by atoms with Gasteiger partial charge in [-0.3, -0.25) is 0 Å². The zero-order chi connectivity index (χ0) is 15.6. The zero-order valence-corrected chi connectivity index (χ0v) is 11.9. The number of rotatable bonds is 3. The van der Waals surface area contributed by atoms with Gasteiger partial charge in [0.05, 0.1) is 5.56 Å². The number of benzene rings is 2. The van der Waals surface area contributed by atoms with Gasteiger partial charge in [-0.15, -0.1) is 0 Å². The molecule has 0 aliphatic rings. The third-order valence-corrected chi connectivity index (χ3v) is 3.62. The highest BCUT2D eigenvalue weighted by Crippen LogP contribution is 2.32. The van der Waals surface area contributed by atoms with Crippen LogP contribution in [0.1, 0.15) is 29.5 Å². The van der Waals surface area contributed by atoms with Gasteiger partial charge < -0.3 is 5.11 Å². The van der Waals surface area contributed by atoms with Gasteiger partial charge in [0, 0.05) is 12.5 Å². The van der Waals surface area contributed by atoms with E-state index in [0.29, 0.717) is 0 Å². The molecule has 0 saturated carbocycles. The second-order valence-corrected chi connectivity index (χ2v) is 5.23. The highest BCUT2D eigenvalue weighted by molar-refractivity contribution is 5.65. The Kier molecular flexibility index (Phi) is 4.37. The fraction of sp³-hybridized carbons (Fsp3) is 0.294.